The van der Waals surface area contributed by atoms with E-state index in [1.807, 2.05) is 10.6 Å². The Morgan fingerprint density at radius 3 is 2.52 bits per heavy atom. The minimum absolute atomic E-state index is 0.0233. The van der Waals surface area contributed by atoms with Crippen molar-refractivity contribution in [2.24, 2.45) is 0 Å². The van der Waals surface area contributed by atoms with Crippen LogP contribution in [-0.4, -0.2) is 50.9 Å². The van der Waals surface area contributed by atoms with E-state index in [0.717, 1.165) is 18.1 Å². The summed E-state index contributed by atoms with van der Waals surface area (Å²) in [6.07, 6.45) is 1.68. The van der Waals surface area contributed by atoms with E-state index in [1.165, 1.54) is 12.1 Å². The first kappa shape index (κ1) is 21.3. The van der Waals surface area contributed by atoms with E-state index < -0.39 is 5.92 Å². The zero-order valence-corrected chi connectivity index (χ0v) is 18.1. The fourth-order valence-electron chi connectivity index (χ4n) is 3.91. The average molecular weight is 451 g/mol. The first-order chi connectivity index (χ1) is 15.9. The van der Waals surface area contributed by atoms with E-state index in [2.05, 4.69) is 9.88 Å². The Morgan fingerprint density at radius 2 is 1.82 bits per heavy atom. The second-order valence-electron chi connectivity index (χ2n) is 8.15. The van der Waals surface area contributed by atoms with Gasteiger partial charge in [0.25, 0.3) is 5.92 Å². The summed E-state index contributed by atoms with van der Waals surface area (Å²) in [5.74, 6) is -2.18. The maximum atomic E-state index is 13.6. The summed E-state index contributed by atoms with van der Waals surface area (Å²) >= 11 is 0. The number of phenolic OH excluding ortho intramolecular Hbond substituents is 1. The molecule has 170 valence electrons. The third-order valence-corrected chi connectivity index (χ3v) is 5.68. The molecule has 1 fully saturated rings. The molecule has 0 unspecified atom stereocenters. The maximum Gasteiger partial charge on any atom is 0.270 e. The van der Waals surface area contributed by atoms with Gasteiger partial charge in [-0.15, -0.1) is 0 Å². The van der Waals surface area contributed by atoms with Crippen molar-refractivity contribution in [2.75, 3.05) is 31.2 Å². The van der Waals surface area contributed by atoms with E-state index in [0.29, 0.717) is 55.7 Å². The zero-order valence-electron chi connectivity index (χ0n) is 18.1. The number of halogens is 2. The zero-order chi connectivity index (χ0) is 23.0. The van der Waals surface area contributed by atoms with Crippen LogP contribution in [0.15, 0.2) is 54.9 Å². The third-order valence-electron chi connectivity index (χ3n) is 5.68. The number of hydrogen-bond acceptors (Lipinski definition) is 6. The lowest BCUT2D eigenvalue weighted by atomic mass is 10.1. The van der Waals surface area contributed by atoms with Crippen LogP contribution in [0.5, 0.6) is 5.75 Å². The second-order valence-corrected chi connectivity index (χ2v) is 8.15. The van der Waals surface area contributed by atoms with Gasteiger partial charge in [-0.2, -0.15) is 4.98 Å². The Bertz CT molecular complexity index is 1280. The highest BCUT2D eigenvalue weighted by Gasteiger charge is 2.24. The van der Waals surface area contributed by atoms with Crippen molar-refractivity contribution in [3.8, 4) is 17.0 Å². The highest BCUT2D eigenvalue weighted by atomic mass is 19.3. The summed E-state index contributed by atoms with van der Waals surface area (Å²) in [4.78, 5) is 16.2. The van der Waals surface area contributed by atoms with Crippen molar-refractivity contribution in [3.05, 3.63) is 66.0 Å². The van der Waals surface area contributed by atoms with Crippen molar-refractivity contribution < 1.29 is 18.6 Å². The van der Waals surface area contributed by atoms with Crippen molar-refractivity contribution in [3.63, 3.8) is 0 Å². The number of fused-ring (bicyclic) bond motifs is 1. The molecule has 7 nitrogen and oxygen atoms in total. The highest BCUT2D eigenvalue weighted by Crippen LogP contribution is 2.30. The lowest BCUT2D eigenvalue weighted by Gasteiger charge is -2.27. The Kier molecular flexibility index (Phi) is 5.41. The van der Waals surface area contributed by atoms with Crippen LogP contribution in [0.1, 0.15) is 18.1 Å². The number of benzene rings is 2. The molecule has 1 saturated heterocycles. The van der Waals surface area contributed by atoms with Gasteiger partial charge in [-0.1, -0.05) is 36.4 Å². The summed E-state index contributed by atoms with van der Waals surface area (Å²) in [6, 6.07) is 13.2. The van der Waals surface area contributed by atoms with Gasteiger partial charge in [-0.3, -0.25) is 0 Å². The quantitative estimate of drug-likeness (QED) is 0.490. The van der Waals surface area contributed by atoms with Crippen molar-refractivity contribution in [1.29, 1.82) is 0 Å². The number of hydrogen-bond donors (Lipinski definition) is 1. The SMILES string of the molecule is CC(F)(F)c1ccc(Cn2cnc3c(-c4cccc(O)c4)nc(N4CCOCC4)nc32)cc1. The summed E-state index contributed by atoms with van der Waals surface area (Å²) in [6.45, 7) is 3.84. The lowest BCUT2D eigenvalue weighted by molar-refractivity contribution is 0.0174. The molecular weight excluding hydrogens is 428 g/mol. The van der Waals surface area contributed by atoms with Gasteiger partial charge in [0.2, 0.25) is 5.95 Å². The highest BCUT2D eigenvalue weighted by molar-refractivity contribution is 5.88. The van der Waals surface area contributed by atoms with Gasteiger partial charge in [0.15, 0.2) is 5.65 Å². The normalized spacial score (nSPS) is 14.7. The van der Waals surface area contributed by atoms with Gasteiger partial charge in [0.1, 0.15) is 17.0 Å². The van der Waals surface area contributed by atoms with Crippen LogP contribution < -0.4 is 4.90 Å². The molecule has 0 aliphatic carbocycles. The summed E-state index contributed by atoms with van der Waals surface area (Å²) in [7, 11) is 0. The number of aromatic nitrogens is 4. The fourth-order valence-corrected chi connectivity index (χ4v) is 3.91. The first-order valence-corrected chi connectivity index (χ1v) is 10.7. The summed E-state index contributed by atoms with van der Waals surface area (Å²) in [5, 5.41) is 9.99. The van der Waals surface area contributed by atoms with Crippen molar-refractivity contribution in [1.82, 2.24) is 19.5 Å². The second kappa shape index (κ2) is 8.40. The lowest BCUT2D eigenvalue weighted by Crippen LogP contribution is -2.37. The van der Waals surface area contributed by atoms with Gasteiger partial charge in [-0.25, -0.2) is 18.7 Å². The smallest absolute Gasteiger partial charge is 0.270 e. The van der Waals surface area contributed by atoms with E-state index in [9.17, 15) is 13.9 Å². The Morgan fingerprint density at radius 1 is 1.06 bits per heavy atom. The van der Waals surface area contributed by atoms with Crippen LogP contribution in [0.2, 0.25) is 0 Å². The van der Waals surface area contributed by atoms with Crippen LogP contribution in [-0.2, 0) is 17.2 Å². The molecule has 5 rings (SSSR count). The molecule has 0 saturated carbocycles. The summed E-state index contributed by atoms with van der Waals surface area (Å²) < 4.78 is 34.5. The summed E-state index contributed by atoms with van der Waals surface area (Å²) in [5.41, 5.74) is 3.43. The number of ether oxygens (including phenoxy) is 1. The number of morpholine rings is 1. The first-order valence-electron chi connectivity index (χ1n) is 10.7. The van der Waals surface area contributed by atoms with Crippen LogP contribution in [0.3, 0.4) is 0 Å². The average Bonchev–Trinajstić information content (AvgIpc) is 3.21. The van der Waals surface area contributed by atoms with Gasteiger partial charge in [0.05, 0.1) is 26.1 Å². The van der Waals surface area contributed by atoms with Gasteiger partial charge in [0, 0.05) is 31.1 Å². The molecule has 4 aromatic rings. The molecule has 1 aliphatic rings. The third kappa shape index (κ3) is 4.36. The predicted octanol–water partition coefficient (Wildman–Crippen LogP) is 4.20. The predicted molar refractivity (Wildman–Crippen MR) is 121 cm³/mol. The number of alkyl halides is 2. The van der Waals surface area contributed by atoms with Crippen molar-refractivity contribution >= 4 is 17.1 Å². The number of nitrogens with zero attached hydrogens (tertiary/aromatic N) is 5. The molecule has 2 aromatic heterocycles. The van der Waals surface area contributed by atoms with Crippen molar-refractivity contribution in [2.45, 2.75) is 19.4 Å². The molecule has 0 atom stereocenters. The van der Waals surface area contributed by atoms with Gasteiger partial charge in [-0.05, 0) is 17.7 Å². The molecule has 1 aliphatic heterocycles. The monoisotopic (exact) mass is 451 g/mol. The largest absolute Gasteiger partial charge is 0.508 e. The Hall–Kier alpha value is -3.59. The Balaban J connectivity index is 1.58. The molecule has 0 radical (unpaired) electrons. The topological polar surface area (TPSA) is 76.3 Å². The van der Waals surface area contributed by atoms with Crippen LogP contribution in [0, 0.1) is 0 Å². The van der Waals surface area contributed by atoms with Crippen LogP contribution in [0.4, 0.5) is 14.7 Å². The molecule has 2 aromatic carbocycles. The van der Waals surface area contributed by atoms with E-state index in [-0.39, 0.29) is 11.3 Å². The number of anilines is 1. The molecule has 3 heterocycles. The standard InChI is InChI=1S/C24H23F2N5O2/c1-24(25,26)18-7-5-16(6-8-18)14-31-15-27-21-20(17-3-2-4-19(32)13-17)28-23(29-22(21)31)30-9-11-33-12-10-30/h2-8,13,15,32H,9-12,14H2,1H3. The number of imidazole rings is 1. The minimum Gasteiger partial charge on any atom is -0.508 e. The number of phenols is 1. The van der Waals surface area contributed by atoms with Gasteiger partial charge < -0.3 is 19.3 Å². The van der Waals surface area contributed by atoms with Gasteiger partial charge >= 0.3 is 0 Å². The molecule has 0 amide bonds. The van der Waals surface area contributed by atoms with E-state index in [4.69, 9.17) is 14.7 Å². The van der Waals surface area contributed by atoms with E-state index in [1.54, 1.807) is 36.7 Å². The maximum absolute atomic E-state index is 13.6. The molecule has 1 N–H and O–H groups in total. The number of aromatic hydroxyl groups is 1. The molecule has 33 heavy (non-hydrogen) atoms. The fraction of sp³-hybridized carbons (Fsp3) is 0.292. The van der Waals surface area contributed by atoms with Crippen LogP contribution in [0.25, 0.3) is 22.4 Å². The van der Waals surface area contributed by atoms with Crippen LogP contribution >= 0.6 is 0 Å². The molecular formula is C24H23F2N5O2. The Labute approximate surface area is 189 Å². The molecule has 0 bridgehead atoms. The molecule has 9 heteroatoms. The molecule has 0 spiro atoms. The minimum atomic E-state index is -2.88. The number of rotatable bonds is 5. The van der Waals surface area contributed by atoms with E-state index >= 15 is 0 Å².